The van der Waals surface area contributed by atoms with E-state index in [-0.39, 0.29) is 24.8 Å². The van der Waals surface area contributed by atoms with Crippen LogP contribution in [0.25, 0.3) is 40.4 Å². The van der Waals surface area contributed by atoms with Crippen molar-refractivity contribution in [1.29, 1.82) is 0 Å². The first-order valence-corrected chi connectivity index (χ1v) is 20.3. The van der Waals surface area contributed by atoms with Crippen molar-refractivity contribution in [2.45, 2.75) is 10.8 Å². The molecule has 0 bridgehead atoms. The molecule has 0 saturated carbocycles. The molecule has 2 aromatic heterocycles. The van der Waals surface area contributed by atoms with Crippen LogP contribution in [-0.2, 0) is 33.7 Å². The van der Waals surface area contributed by atoms with Crippen LogP contribution in [0.2, 0.25) is 0 Å². The normalized spacial score (nSPS) is 18.7. The zero-order chi connectivity index (χ0) is 32.4. The summed E-state index contributed by atoms with van der Waals surface area (Å²) in [5.41, 5.74) is 1.41. The largest absolute Gasteiger partial charge is 0.147 e. The topological polar surface area (TPSA) is 26.3 Å². The van der Waals surface area contributed by atoms with E-state index in [1.807, 2.05) is 24.7 Å². The fourth-order valence-corrected chi connectivity index (χ4v) is 15.7. The SMILES string of the molecule is C1=c2ccccc2=[C]([Hf][C]2=c3ccccc3=CC2(c2ccco2)c2cccc3ccccc23)C1(c1ccco1)c1cccc2ccccc12.Cl.Cl. The molecule has 6 aromatic carbocycles. The predicted molar refractivity (Wildman–Crippen MR) is 208 cm³/mol. The summed E-state index contributed by atoms with van der Waals surface area (Å²) in [6.45, 7) is 0. The molecule has 0 radical (unpaired) electrons. The Balaban J connectivity index is 0.00000187. The van der Waals surface area contributed by atoms with Crippen molar-refractivity contribution < 1.29 is 31.7 Å². The van der Waals surface area contributed by atoms with Gasteiger partial charge in [0.2, 0.25) is 0 Å². The molecule has 0 aliphatic heterocycles. The molecule has 0 N–H and O–H groups in total. The van der Waals surface area contributed by atoms with Crippen molar-refractivity contribution >= 4 is 65.2 Å². The maximum absolute atomic E-state index is 6.53. The molecule has 0 amide bonds. The third kappa shape index (κ3) is 4.93. The van der Waals surface area contributed by atoms with Gasteiger partial charge in [-0.25, -0.2) is 0 Å². The second-order valence-electron chi connectivity index (χ2n) is 13.0. The molecule has 2 atom stereocenters. The average Bonchev–Trinajstić information content (AvgIpc) is 3.98. The summed E-state index contributed by atoms with van der Waals surface area (Å²) in [7, 11) is 0. The van der Waals surface area contributed by atoms with Gasteiger partial charge in [-0.2, -0.15) is 0 Å². The van der Waals surface area contributed by atoms with Crippen molar-refractivity contribution in [3.05, 3.63) is 214 Å². The van der Waals surface area contributed by atoms with Crippen LogP contribution in [0.15, 0.2) is 179 Å². The maximum atomic E-state index is 6.53. The number of hydrogen-bond donors (Lipinski definition) is 0. The van der Waals surface area contributed by atoms with Gasteiger partial charge in [0, 0.05) is 0 Å². The Bertz CT molecular complexity index is 2620. The summed E-state index contributed by atoms with van der Waals surface area (Å²) in [5, 5.41) is 10.2. The molecule has 0 saturated heterocycles. The number of hydrogen-bond acceptors (Lipinski definition) is 2. The predicted octanol–water partition coefficient (Wildman–Crippen LogP) is 8.58. The maximum Gasteiger partial charge on any atom is -0.147 e. The molecule has 2 unspecified atom stereocenters. The van der Waals surface area contributed by atoms with Crippen LogP contribution in [0.1, 0.15) is 22.6 Å². The Morgan fingerprint density at radius 3 is 1.25 bits per heavy atom. The van der Waals surface area contributed by atoms with Crippen LogP contribution in [0.5, 0.6) is 0 Å². The van der Waals surface area contributed by atoms with Gasteiger partial charge in [-0.05, 0) is 0 Å². The van der Waals surface area contributed by atoms with Crippen molar-refractivity contribution in [3.8, 4) is 0 Å². The summed E-state index contributed by atoms with van der Waals surface area (Å²) in [4.78, 5) is 0. The van der Waals surface area contributed by atoms with E-state index in [1.165, 1.54) is 60.2 Å². The smallest absolute Gasteiger partial charge is 0.147 e. The number of halogens is 2. The van der Waals surface area contributed by atoms with Crippen LogP contribution in [0, 0.1) is 0 Å². The van der Waals surface area contributed by atoms with E-state index >= 15 is 0 Å². The first-order chi connectivity index (χ1) is 24.3. The quantitative estimate of drug-likeness (QED) is 0.157. The summed E-state index contributed by atoms with van der Waals surface area (Å²) >= 11 is -2.06. The number of fused-ring (bicyclic) bond motifs is 4. The van der Waals surface area contributed by atoms with Gasteiger partial charge in [-0.1, -0.05) is 0 Å². The minimum absolute atomic E-state index is 0. The van der Waals surface area contributed by atoms with E-state index < -0.39 is 33.7 Å². The summed E-state index contributed by atoms with van der Waals surface area (Å²) in [6.07, 6.45) is 8.64. The Hall–Kier alpha value is -4.67. The molecule has 2 aliphatic rings. The van der Waals surface area contributed by atoms with Crippen LogP contribution in [0.4, 0.5) is 0 Å². The molecule has 5 heteroatoms. The Morgan fingerprint density at radius 2 is 0.804 bits per heavy atom. The fourth-order valence-electron chi connectivity index (χ4n) is 8.42. The van der Waals surface area contributed by atoms with Crippen molar-refractivity contribution in [2.24, 2.45) is 0 Å². The van der Waals surface area contributed by atoms with Gasteiger partial charge < -0.3 is 0 Å². The van der Waals surface area contributed by atoms with Gasteiger partial charge in [0.15, 0.2) is 0 Å². The molecule has 2 aliphatic carbocycles. The summed E-state index contributed by atoms with van der Waals surface area (Å²) in [5.74, 6) is 1.93. The molecule has 10 rings (SSSR count). The third-order valence-corrected chi connectivity index (χ3v) is 17.1. The van der Waals surface area contributed by atoms with Crippen LogP contribution >= 0.6 is 24.8 Å². The van der Waals surface area contributed by atoms with Crippen molar-refractivity contribution in [1.82, 2.24) is 0 Å². The molecule has 8 aromatic rings. The second-order valence-corrected chi connectivity index (χ2v) is 17.5. The molecule has 2 heterocycles. The third-order valence-electron chi connectivity index (χ3n) is 10.5. The van der Waals surface area contributed by atoms with E-state index in [1.54, 1.807) is 0 Å². The fraction of sp³-hybridized carbons (Fsp3) is 0.0435. The van der Waals surface area contributed by atoms with Crippen LogP contribution in [0.3, 0.4) is 0 Å². The van der Waals surface area contributed by atoms with E-state index in [9.17, 15) is 0 Å². The Labute approximate surface area is 319 Å². The van der Waals surface area contributed by atoms with Crippen molar-refractivity contribution in [3.63, 3.8) is 0 Å². The van der Waals surface area contributed by atoms with Crippen LogP contribution in [-0.4, -0.2) is 0 Å². The van der Waals surface area contributed by atoms with E-state index in [0.29, 0.717) is 0 Å². The Morgan fingerprint density at radius 1 is 0.392 bits per heavy atom. The number of rotatable bonds is 6. The van der Waals surface area contributed by atoms with Gasteiger partial charge >= 0.3 is 297 Å². The molecule has 246 valence electrons. The zero-order valence-corrected chi connectivity index (χ0v) is 32.7. The van der Waals surface area contributed by atoms with E-state index in [0.717, 1.165) is 11.5 Å². The number of benzene rings is 6. The number of furan rings is 2. The molecule has 0 spiro atoms. The monoisotopic (exact) mass is 866 g/mol. The van der Waals surface area contributed by atoms with Gasteiger partial charge in [0.1, 0.15) is 0 Å². The second kappa shape index (κ2) is 13.1. The molecule has 0 fully saturated rings. The summed E-state index contributed by atoms with van der Waals surface area (Å²) < 4.78 is 16.0. The zero-order valence-electron chi connectivity index (χ0n) is 27.5. The average molecular weight is 866 g/mol. The van der Waals surface area contributed by atoms with Gasteiger partial charge in [-0.3, -0.25) is 0 Å². The Kier molecular flexibility index (Phi) is 8.63. The molecular weight excluding hydrogens is 834 g/mol. The van der Waals surface area contributed by atoms with Gasteiger partial charge in [0.25, 0.3) is 0 Å². The van der Waals surface area contributed by atoms with E-state index in [2.05, 4.69) is 158 Å². The first kappa shape index (κ1) is 33.5. The van der Waals surface area contributed by atoms with E-state index in [4.69, 9.17) is 8.83 Å². The minimum Gasteiger partial charge on any atom is -0.147 e. The standard InChI is InChI=1S/2C23H15O.2ClH.Hf/c2*1-2-9-19-16-23(15-18(19)8-1,22-13-6-14-24-22)21-12-5-10-17-7-3-4-11-20(17)21;;;/h2*1-15H;2*1H;. The van der Waals surface area contributed by atoms with Crippen molar-refractivity contribution in [2.75, 3.05) is 0 Å². The van der Waals surface area contributed by atoms with Crippen LogP contribution < -0.4 is 20.9 Å². The summed E-state index contributed by atoms with van der Waals surface area (Å²) in [6, 6.07) is 57.4. The molecule has 51 heavy (non-hydrogen) atoms. The minimum atomic E-state index is -2.06. The molecule has 2 nitrogen and oxygen atoms in total. The van der Waals surface area contributed by atoms with Gasteiger partial charge in [-0.15, -0.1) is 24.8 Å². The van der Waals surface area contributed by atoms with Gasteiger partial charge in [0.05, 0.1) is 0 Å². The molecular formula is C46H32Cl2HfO2. The first-order valence-electron chi connectivity index (χ1n) is 16.7.